The van der Waals surface area contributed by atoms with Crippen molar-refractivity contribution >= 4 is 17.4 Å². The van der Waals surface area contributed by atoms with Gasteiger partial charge < -0.3 is 15.0 Å². The molecule has 3 heterocycles. The molecule has 0 radical (unpaired) electrons. The molecule has 2 aromatic heterocycles. The molecule has 3 rings (SSSR count). The lowest BCUT2D eigenvalue weighted by molar-refractivity contribution is 0.0520. The van der Waals surface area contributed by atoms with Gasteiger partial charge in [-0.1, -0.05) is 19.9 Å². The summed E-state index contributed by atoms with van der Waals surface area (Å²) in [6.07, 6.45) is 1.76. The zero-order valence-corrected chi connectivity index (χ0v) is 16.7. The molecule has 0 aromatic carbocycles. The van der Waals surface area contributed by atoms with Crippen LogP contribution in [0.3, 0.4) is 0 Å². The Hall–Kier alpha value is -2.34. The molecule has 26 heavy (non-hydrogen) atoms. The molecular weight excluding hydrogens is 328 g/mol. The summed E-state index contributed by atoms with van der Waals surface area (Å²) in [4.78, 5) is 18.6. The molecule has 1 saturated heterocycles. The number of nitrogens with one attached hydrogen (secondary N) is 1. The van der Waals surface area contributed by atoms with Gasteiger partial charge in [0.25, 0.3) is 0 Å². The number of pyridine rings is 1. The maximum atomic E-state index is 11.9. The molecular formula is C20H32N4O2. The Morgan fingerprint density at radius 2 is 2.04 bits per heavy atom. The van der Waals surface area contributed by atoms with E-state index in [1.807, 2.05) is 30.4 Å². The van der Waals surface area contributed by atoms with Gasteiger partial charge in [0, 0.05) is 31.4 Å². The number of carbonyl (C=O) groups is 1. The first kappa shape index (κ1) is 21.7. The van der Waals surface area contributed by atoms with Crippen LogP contribution >= 0.6 is 0 Å². The van der Waals surface area contributed by atoms with Crippen molar-refractivity contribution in [2.75, 3.05) is 31.1 Å². The van der Waals surface area contributed by atoms with Gasteiger partial charge in [0.2, 0.25) is 0 Å². The first-order valence-electron chi connectivity index (χ1n) is 9.15. The van der Waals surface area contributed by atoms with E-state index >= 15 is 0 Å². The van der Waals surface area contributed by atoms with Crippen LogP contribution in [0.15, 0.2) is 37.6 Å². The summed E-state index contributed by atoms with van der Waals surface area (Å²) in [5.41, 5.74) is 1.17. The second-order valence-corrected chi connectivity index (χ2v) is 6.19. The Morgan fingerprint density at radius 3 is 2.65 bits per heavy atom. The van der Waals surface area contributed by atoms with Gasteiger partial charge in [-0.25, -0.2) is 9.78 Å². The minimum absolute atomic E-state index is 0.0605. The topological polar surface area (TPSA) is 58.9 Å². The highest BCUT2D eigenvalue weighted by molar-refractivity contribution is 5.88. The van der Waals surface area contributed by atoms with E-state index in [2.05, 4.69) is 48.3 Å². The van der Waals surface area contributed by atoms with Crippen LogP contribution in [0.25, 0.3) is 5.65 Å². The van der Waals surface area contributed by atoms with Crippen LogP contribution in [-0.4, -0.2) is 47.1 Å². The van der Waals surface area contributed by atoms with Crippen molar-refractivity contribution in [1.82, 2.24) is 14.7 Å². The number of carbonyl (C=O) groups excluding carboxylic acids is 1. The Kier molecular flexibility index (Phi) is 8.32. The molecule has 0 spiro atoms. The number of esters is 1. The monoisotopic (exact) mass is 360 g/mol. The van der Waals surface area contributed by atoms with Crippen molar-refractivity contribution in [3.05, 3.63) is 43.2 Å². The van der Waals surface area contributed by atoms with Gasteiger partial charge in [-0.05, 0) is 32.9 Å². The third kappa shape index (κ3) is 5.08. The predicted molar refractivity (Wildman–Crippen MR) is 108 cm³/mol. The number of hydrogen-bond acceptors (Lipinski definition) is 5. The first-order valence-corrected chi connectivity index (χ1v) is 9.15. The number of hydrogen-bond donors (Lipinski definition) is 1. The Bertz CT molecular complexity index is 709. The molecule has 1 N–H and O–H groups in total. The summed E-state index contributed by atoms with van der Waals surface area (Å²) < 4.78 is 7.00. The smallest absolute Gasteiger partial charge is 0.358 e. The molecule has 2 aromatic rings. The summed E-state index contributed by atoms with van der Waals surface area (Å²) in [5.74, 6) is 0.674. The van der Waals surface area contributed by atoms with Gasteiger partial charge >= 0.3 is 5.97 Å². The minimum atomic E-state index is -0.377. The van der Waals surface area contributed by atoms with Crippen LogP contribution in [0.5, 0.6) is 0 Å². The second-order valence-electron chi connectivity index (χ2n) is 6.19. The number of piperazine rings is 1. The fourth-order valence-corrected chi connectivity index (χ4v) is 2.89. The van der Waals surface area contributed by atoms with Gasteiger partial charge in [-0.3, -0.25) is 4.40 Å². The van der Waals surface area contributed by atoms with Gasteiger partial charge in [-0.15, -0.1) is 13.2 Å². The van der Waals surface area contributed by atoms with E-state index < -0.39 is 0 Å². The third-order valence-corrected chi connectivity index (χ3v) is 3.85. The summed E-state index contributed by atoms with van der Waals surface area (Å²) in [5, 5.41) is 3.51. The van der Waals surface area contributed by atoms with Crippen LogP contribution in [-0.2, 0) is 4.74 Å². The summed E-state index contributed by atoms with van der Waals surface area (Å²) in [6, 6.07) is 5.94. The second kappa shape index (κ2) is 9.97. The molecule has 0 saturated carbocycles. The Morgan fingerprint density at radius 1 is 1.35 bits per heavy atom. The van der Waals surface area contributed by atoms with Crippen molar-refractivity contribution in [1.29, 1.82) is 0 Å². The standard InChI is InChI=1S/C16H22N4O2.C2H6.C2H4/c1-4-22-15(21)12-10-20-13(18-12)6-5-7-14(20)19-9-8-17-16(2,3)11-19;2*1-2/h5-7,10,17H,4,8-9,11H2,1-3H3;1-2H3;1-2H2. The number of aromatic nitrogens is 2. The fraction of sp³-hybridized carbons (Fsp3) is 0.500. The molecule has 144 valence electrons. The molecule has 0 bridgehead atoms. The van der Waals surface area contributed by atoms with E-state index in [0.717, 1.165) is 31.1 Å². The van der Waals surface area contributed by atoms with Crippen molar-refractivity contribution in [3.63, 3.8) is 0 Å². The molecule has 0 aliphatic carbocycles. The lowest BCUT2D eigenvalue weighted by atomic mass is 10.0. The van der Waals surface area contributed by atoms with Crippen LogP contribution in [0, 0.1) is 0 Å². The molecule has 1 fully saturated rings. The number of imidazole rings is 1. The maximum absolute atomic E-state index is 11.9. The predicted octanol–water partition coefficient (Wildman–Crippen LogP) is 3.53. The highest BCUT2D eigenvalue weighted by Crippen LogP contribution is 2.22. The van der Waals surface area contributed by atoms with Crippen molar-refractivity contribution in [3.8, 4) is 0 Å². The quantitative estimate of drug-likeness (QED) is 0.670. The van der Waals surface area contributed by atoms with E-state index in [4.69, 9.17) is 4.74 Å². The number of fused-ring (bicyclic) bond motifs is 1. The fourth-order valence-electron chi connectivity index (χ4n) is 2.89. The summed E-state index contributed by atoms with van der Waals surface area (Å²) in [7, 11) is 0. The highest BCUT2D eigenvalue weighted by atomic mass is 16.5. The largest absolute Gasteiger partial charge is 0.461 e. The van der Waals surface area contributed by atoms with Crippen molar-refractivity contribution in [2.45, 2.75) is 40.2 Å². The average molecular weight is 361 g/mol. The minimum Gasteiger partial charge on any atom is -0.461 e. The van der Waals surface area contributed by atoms with Gasteiger partial charge in [0.05, 0.1) is 6.61 Å². The Labute approximate surface area is 156 Å². The summed E-state index contributed by atoms with van der Waals surface area (Å²) in [6.45, 7) is 19.3. The lowest BCUT2D eigenvalue weighted by Gasteiger charge is -2.40. The highest BCUT2D eigenvalue weighted by Gasteiger charge is 2.27. The zero-order chi connectivity index (χ0) is 19.7. The molecule has 6 heteroatoms. The molecule has 1 aliphatic rings. The van der Waals surface area contributed by atoms with E-state index in [-0.39, 0.29) is 11.5 Å². The van der Waals surface area contributed by atoms with Crippen LogP contribution in [0.4, 0.5) is 5.82 Å². The SMILES string of the molecule is C=C.CC.CCOC(=O)c1cn2c(N3CCNC(C)(C)C3)cccc2n1. The van der Waals surface area contributed by atoms with Gasteiger partial charge in [-0.2, -0.15) is 0 Å². The molecule has 6 nitrogen and oxygen atoms in total. The Balaban J connectivity index is 0.000000791. The third-order valence-electron chi connectivity index (χ3n) is 3.85. The number of anilines is 1. The van der Waals surface area contributed by atoms with E-state index in [1.54, 1.807) is 13.1 Å². The molecule has 0 atom stereocenters. The van der Waals surface area contributed by atoms with Crippen molar-refractivity contribution in [2.24, 2.45) is 0 Å². The summed E-state index contributed by atoms with van der Waals surface area (Å²) >= 11 is 0. The number of nitrogens with zero attached hydrogens (tertiary/aromatic N) is 3. The van der Waals surface area contributed by atoms with E-state index in [0.29, 0.717) is 12.3 Å². The van der Waals surface area contributed by atoms with Gasteiger partial charge in [0.15, 0.2) is 5.69 Å². The maximum Gasteiger partial charge on any atom is 0.358 e. The number of ether oxygens (including phenoxy) is 1. The van der Waals surface area contributed by atoms with Crippen LogP contribution in [0.2, 0.25) is 0 Å². The first-order chi connectivity index (χ1) is 12.5. The molecule has 0 unspecified atom stereocenters. The van der Waals surface area contributed by atoms with E-state index in [1.165, 1.54) is 0 Å². The van der Waals surface area contributed by atoms with Crippen molar-refractivity contribution < 1.29 is 9.53 Å². The van der Waals surface area contributed by atoms with Gasteiger partial charge in [0.1, 0.15) is 11.5 Å². The normalized spacial score (nSPS) is 15.3. The van der Waals surface area contributed by atoms with Crippen LogP contribution in [0.1, 0.15) is 45.1 Å². The van der Waals surface area contributed by atoms with Crippen LogP contribution < -0.4 is 10.2 Å². The average Bonchev–Trinajstić information content (AvgIpc) is 3.09. The number of rotatable bonds is 3. The lowest BCUT2D eigenvalue weighted by Crippen LogP contribution is -2.57. The van der Waals surface area contributed by atoms with E-state index in [9.17, 15) is 4.79 Å². The zero-order valence-electron chi connectivity index (χ0n) is 16.7. The molecule has 1 aliphatic heterocycles. The molecule has 0 amide bonds.